The Morgan fingerprint density at radius 3 is 2.17 bits per heavy atom. The Balaban J connectivity index is 1.51. The van der Waals surface area contributed by atoms with E-state index in [1.54, 1.807) is 43.3 Å². The Kier molecular flexibility index (Phi) is 7.14. The minimum absolute atomic E-state index is 0.0155. The van der Waals surface area contributed by atoms with Crippen molar-refractivity contribution in [1.82, 2.24) is 4.98 Å². The van der Waals surface area contributed by atoms with Gasteiger partial charge >= 0.3 is 0 Å². The van der Waals surface area contributed by atoms with Crippen molar-refractivity contribution in [3.05, 3.63) is 96.6 Å². The van der Waals surface area contributed by atoms with E-state index < -0.39 is 42.1 Å². The Bertz CT molecular complexity index is 2030. The second-order valence-corrected chi connectivity index (χ2v) is 13.1. The molecule has 0 saturated carbocycles. The summed E-state index contributed by atoms with van der Waals surface area (Å²) < 4.78 is 79.4. The smallest absolute Gasteiger partial charge is 0.264 e. The number of nitrogens with one attached hydrogen (secondary N) is 1. The average molecular weight is 596 g/mol. The van der Waals surface area contributed by atoms with E-state index in [0.29, 0.717) is 39.2 Å². The largest absolute Gasteiger partial charge is 0.506 e. The topological polar surface area (TPSA) is 139 Å². The number of nitrogens with zero attached hydrogens (tertiary/aromatic N) is 1. The van der Waals surface area contributed by atoms with Gasteiger partial charge in [0, 0.05) is 17.0 Å². The van der Waals surface area contributed by atoms with Crippen LogP contribution in [-0.2, 0) is 19.9 Å². The lowest BCUT2D eigenvalue weighted by atomic mass is 10.00. The Morgan fingerprint density at radius 2 is 1.49 bits per heavy atom. The van der Waals surface area contributed by atoms with Gasteiger partial charge in [-0.15, -0.1) is 0 Å². The molecule has 1 heterocycles. The van der Waals surface area contributed by atoms with Crippen LogP contribution in [0.2, 0.25) is 0 Å². The van der Waals surface area contributed by atoms with Crippen LogP contribution in [0.4, 0.5) is 20.3 Å². The zero-order valence-electron chi connectivity index (χ0n) is 21.5. The summed E-state index contributed by atoms with van der Waals surface area (Å²) >= 11 is 0. The summed E-state index contributed by atoms with van der Waals surface area (Å²) in [5.74, 6) is -2.36. The fourth-order valence-electron chi connectivity index (χ4n) is 4.30. The van der Waals surface area contributed by atoms with Gasteiger partial charge in [-0.2, -0.15) is 0 Å². The number of pyridine rings is 1. The lowest BCUT2D eigenvalue weighted by Gasteiger charge is -2.13. The van der Waals surface area contributed by atoms with Gasteiger partial charge in [0.25, 0.3) is 10.0 Å². The zero-order chi connectivity index (χ0) is 29.5. The highest BCUT2D eigenvalue weighted by Gasteiger charge is 2.21. The molecule has 5 aromatic rings. The molecule has 0 unspecified atom stereocenters. The summed E-state index contributed by atoms with van der Waals surface area (Å²) in [6.45, 7) is 1.57. The molecule has 5 rings (SSSR count). The van der Waals surface area contributed by atoms with Crippen molar-refractivity contribution in [3.8, 4) is 28.0 Å². The number of phenolic OH excluding ortho intramolecular Hbond substituents is 1. The summed E-state index contributed by atoms with van der Waals surface area (Å²) in [6, 6.07) is 19.8. The van der Waals surface area contributed by atoms with Gasteiger partial charge in [-0.1, -0.05) is 31.2 Å². The van der Waals surface area contributed by atoms with Crippen molar-refractivity contribution in [2.75, 3.05) is 16.2 Å². The normalized spacial score (nSPS) is 12.0. The third-order valence-corrected chi connectivity index (χ3v) is 9.66. The number of aromatic hydroxyl groups is 1. The standard InChI is InChI=1S/C29H23F2N3O5S2/c1-2-40(36,37)22-8-3-17(4-9-22)23-14-20-13-18(5-10-25(20)33-29(23)32)19-6-11-27(35)26(15-19)34-41(38,39)28-12-7-21(30)16-24(28)31/h3-16,34-35H,2H2,1H3,(H2,32,33). The number of phenols is 1. The first-order valence-electron chi connectivity index (χ1n) is 12.2. The molecule has 4 N–H and O–H groups in total. The summed E-state index contributed by atoms with van der Waals surface area (Å²) in [5, 5.41) is 11.0. The molecular weight excluding hydrogens is 572 g/mol. The molecule has 12 heteroatoms. The SMILES string of the molecule is CCS(=O)(=O)c1ccc(-c2cc3cc(-c4ccc(O)c(NS(=O)(=O)c5ccc(F)cc5F)c4)ccc3nc2N)cc1. The number of nitrogens with two attached hydrogens (primary N) is 1. The van der Waals surface area contributed by atoms with Crippen molar-refractivity contribution in [3.63, 3.8) is 0 Å². The number of nitrogen functional groups attached to an aromatic ring is 1. The first-order valence-corrected chi connectivity index (χ1v) is 15.4. The predicted octanol–water partition coefficient (Wildman–Crippen LogP) is 5.73. The van der Waals surface area contributed by atoms with Crippen LogP contribution in [-0.4, -0.2) is 32.7 Å². The molecule has 0 atom stereocenters. The molecule has 0 amide bonds. The van der Waals surface area contributed by atoms with Gasteiger partial charge < -0.3 is 10.8 Å². The molecule has 1 aromatic heterocycles. The predicted molar refractivity (Wildman–Crippen MR) is 154 cm³/mol. The molecule has 0 bridgehead atoms. The van der Waals surface area contributed by atoms with Crippen molar-refractivity contribution in [2.24, 2.45) is 0 Å². The van der Waals surface area contributed by atoms with Crippen molar-refractivity contribution in [1.29, 1.82) is 0 Å². The number of aromatic nitrogens is 1. The molecule has 0 spiro atoms. The Labute approximate surface area is 235 Å². The monoisotopic (exact) mass is 595 g/mol. The maximum absolute atomic E-state index is 14.2. The van der Waals surface area contributed by atoms with Gasteiger partial charge in [0.2, 0.25) is 0 Å². The molecular formula is C29H23F2N3O5S2. The number of rotatable bonds is 7. The third-order valence-electron chi connectivity index (χ3n) is 6.51. The summed E-state index contributed by atoms with van der Waals surface area (Å²) in [4.78, 5) is 3.90. The van der Waals surface area contributed by atoms with E-state index in [2.05, 4.69) is 9.71 Å². The second-order valence-electron chi connectivity index (χ2n) is 9.17. The molecule has 0 aliphatic heterocycles. The lowest BCUT2D eigenvalue weighted by molar-refractivity contribution is 0.477. The molecule has 4 aromatic carbocycles. The van der Waals surface area contributed by atoms with E-state index in [1.165, 1.54) is 24.3 Å². The van der Waals surface area contributed by atoms with Gasteiger partial charge in [-0.25, -0.2) is 30.6 Å². The van der Waals surface area contributed by atoms with Crippen LogP contribution in [0.3, 0.4) is 0 Å². The minimum Gasteiger partial charge on any atom is -0.506 e. The fraction of sp³-hybridized carbons (Fsp3) is 0.0690. The van der Waals surface area contributed by atoms with Crippen molar-refractivity contribution in [2.45, 2.75) is 16.7 Å². The third kappa shape index (κ3) is 5.56. The van der Waals surface area contributed by atoms with Gasteiger partial charge in [0.15, 0.2) is 9.84 Å². The van der Waals surface area contributed by atoms with Crippen LogP contribution < -0.4 is 10.5 Å². The number of sulfonamides is 1. The van der Waals surface area contributed by atoms with Crippen LogP contribution in [0.1, 0.15) is 6.92 Å². The van der Waals surface area contributed by atoms with E-state index in [9.17, 15) is 30.7 Å². The molecule has 210 valence electrons. The lowest BCUT2D eigenvalue weighted by Crippen LogP contribution is -2.15. The first kappa shape index (κ1) is 28.0. The number of sulfone groups is 1. The molecule has 0 saturated heterocycles. The quantitative estimate of drug-likeness (QED) is 0.204. The second kappa shape index (κ2) is 10.5. The number of fused-ring (bicyclic) bond motifs is 1. The molecule has 8 nitrogen and oxygen atoms in total. The average Bonchev–Trinajstić information content (AvgIpc) is 2.93. The van der Waals surface area contributed by atoms with Crippen molar-refractivity contribution < 1.29 is 30.7 Å². The van der Waals surface area contributed by atoms with E-state index in [0.717, 1.165) is 12.1 Å². The number of halogens is 2. The van der Waals surface area contributed by atoms with E-state index in [4.69, 9.17) is 5.73 Å². The summed E-state index contributed by atoms with van der Waals surface area (Å²) in [6.07, 6.45) is 0. The maximum Gasteiger partial charge on any atom is 0.264 e. The summed E-state index contributed by atoms with van der Waals surface area (Å²) in [5.41, 5.74) is 9.03. The number of benzene rings is 4. The van der Waals surface area contributed by atoms with Crippen LogP contribution in [0, 0.1) is 11.6 Å². The van der Waals surface area contributed by atoms with Gasteiger partial charge in [0.1, 0.15) is 28.1 Å². The molecule has 0 aliphatic rings. The van der Waals surface area contributed by atoms with E-state index in [1.807, 2.05) is 6.07 Å². The number of anilines is 2. The Morgan fingerprint density at radius 1 is 0.829 bits per heavy atom. The minimum atomic E-state index is -4.49. The summed E-state index contributed by atoms with van der Waals surface area (Å²) in [7, 11) is -7.84. The highest BCUT2D eigenvalue weighted by molar-refractivity contribution is 7.92. The zero-order valence-corrected chi connectivity index (χ0v) is 23.1. The fourth-order valence-corrected chi connectivity index (χ4v) is 6.31. The van der Waals surface area contributed by atoms with Crippen molar-refractivity contribution >= 4 is 42.3 Å². The van der Waals surface area contributed by atoms with E-state index >= 15 is 0 Å². The van der Waals surface area contributed by atoms with Crippen LogP contribution in [0.5, 0.6) is 5.75 Å². The Hall–Kier alpha value is -4.55. The molecule has 0 aliphatic carbocycles. The van der Waals surface area contributed by atoms with Crippen LogP contribution in [0.15, 0.2) is 94.7 Å². The highest BCUT2D eigenvalue weighted by atomic mass is 32.2. The molecule has 41 heavy (non-hydrogen) atoms. The van der Waals surface area contributed by atoms with Gasteiger partial charge in [0.05, 0.1) is 21.9 Å². The van der Waals surface area contributed by atoms with E-state index in [-0.39, 0.29) is 22.2 Å². The van der Waals surface area contributed by atoms with Crippen LogP contribution in [0.25, 0.3) is 33.2 Å². The number of hydrogen-bond donors (Lipinski definition) is 3. The van der Waals surface area contributed by atoms with Gasteiger partial charge in [-0.3, -0.25) is 4.72 Å². The van der Waals surface area contributed by atoms with Gasteiger partial charge in [-0.05, 0) is 71.3 Å². The number of hydrogen-bond acceptors (Lipinski definition) is 7. The molecule has 0 radical (unpaired) electrons. The molecule has 0 fully saturated rings. The maximum atomic E-state index is 14.2. The highest BCUT2D eigenvalue weighted by Crippen LogP contribution is 2.35. The van der Waals surface area contributed by atoms with Crippen LogP contribution >= 0.6 is 0 Å². The first-order chi connectivity index (χ1) is 19.4.